The van der Waals surface area contributed by atoms with Crippen LogP contribution in [0.3, 0.4) is 0 Å². The van der Waals surface area contributed by atoms with Crippen molar-refractivity contribution in [3.8, 4) is 11.5 Å². The third-order valence-corrected chi connectivity index (χ3v) is 3.35. The van der Waals surface area contributed by atoms with Crippen molar-refractivity contribution in [2.45, 2.75) is 6.10 Å². The summed E-state index contributed by atoms with van der Waals surface area (Å²) in [6, 6.07) is 13.4. The smallest absolute Gasteiger partial charge is 0.244 e. The Balaban J connectivity index is 1.50. The van der Waals surface area contributed by atoms with Gasteiger partial charge in [0.25, 0.3) is 0 Å². The lowest BCUT2D eigenvalue weighted by atomic mass is 10.2. The highest BCUT2D eigenvalue weighted by atomic mass is 19.1. The van der Waals surface area contributed by atoms with Gasteiger partial charge in [-0.3, -0.25) is 4.79 Å². The lowest BCUT2D eigenvalue weighted by Crippen LogP contribution is -2.40. The van der Waals surface area contributed by atoms with Crippen molar-refractivity contribution in [2.24, 2.45) is 0 Å². The molecule has 0 saturated carbocycles. The molecule has 0 spiro atoms. The molecular weight excluding hydrogens is 297 g/mol. The van der Waals surface area contributed by atoms with Gasteiger partial charge in [-0.25, -0.2) is 4.39 Å². The number of hydrogen-bond acceptors (Lipinski definition) is 3. The first-order chi connectivity index (χ1) is 11.2. The van der Waals surface area contributed by atoms with Gasteiger partial charge in [-0.15, -0.1) is 0 Å². The van der Waals surface area contributed by atoms with Crippen LogP contribution in [-0.2, 0) is 4.79 Å². The van der Waals surface area contributed by atoms with Gasteiger partial charge in [0.15, 0.2) is 11.5 Å². The molecule has 0 fully saturated rings. The van der Waals surface area contributed by atoms with E-state index in [-0.39, 0.29) is 17.8 Å². The first-order valence-electron chi connectivity index (χ1n) is 7.31. The van der Waals surface area contributed by atoms with Crippen molar-refractivity contribution in [1.82, 2.24) is 5.32 Å². The van der Waals surface area contributed by atoms with E-state index >= 15 is 0 Å². The minimum Gasteiger partial charge on any atom is -0.486 e. The van der Waals surface area contributed by atoms with Crippen LogP contribution in [0, 0.1) is 5.82 Å². The highest BCUT2D eigenvalue weighted by molar-refractivity contribution is 5.91. The summed E-state index contributed by atoms with van der Waals surface area (Å²) in [5, 5.41) is 2.74. The van der Waals surface area contributed by atoms with E-state index in [2.05, 4.69) is 5.32 Å². The van der Waals surface area contributed by atoms with Crippen molar-refractivity contribution in [3.63, 3.8) is 0 Å². The number of benzene rings is 2. The number of halogens is 1. The van der Waals surface area contributed by atoms with E-state index < -0.39 is 0 Å². The van der Waals surface area contributed by atoms with Crippen LogP contribution in [0.1, 0.15) is 5.56 Å². The van der Waals surface area contributed by atoms with Crippen LogP contribution < -0.4 is 14.8 Å². The number of para-hydroxylation sites is 2. The maximum absolute atomic E-state index is 13.0. The molecule has 1 heterocycles. The Morgan fingerprint density at radius 3 is 2.87 bits per heavy atom. The Bertz CT molecular complexity index is 730. The van der Waals surface area contributed by atoms with Crippen LogP contribution in [0.4, 0.5) is 4.39 Å². The monoisotopic (exact) mass is 313 g/mol. The Hall–Kier alpha value is -2.82. The molecule has 1 amide bonds. The van der Waals surface area contributed by atoms with Gasteiger partial charge in [0.05, 0.1) is 6.54 Å². The van der Waals surface area contributed by atoms with E-state index in [1.807, 2.05) is 24.3 Å². The highest BCUT2D eigenvalue weighted by Crippen LogP contribution is 2.30. The fraction of sp³-hybridized carbons (Fsp3) is 0.167. The van der Waals surface area contributed by atoms with Gasteiger partial charge in [-0.1, -0.05) is 24.3 Å². The molecule has 23 heavy (non-hydrogen) atoms. The van der Waals surface area contributed by atoms with Crippen molar-refractivity contribution in [1.29, 1.82) is 0 Å². The molecule has 4 nitrogen and oxygen atoms in total. The number of ether oxygens (including phenoxy) is 2. The highest BCUT2D eigenvalue weighted by Gasteiger charge is 2.20. The van der Waals surface area contributed by atoms with Crippen LogP contribution >= 0.6 is 0 Å². The summed E-state index contributed by atoms with van der Waals surface area (Å²) in [7, 11) is 0. The third-order valence-electron chi connectivity index (χ3n) is 3.35. The Morgan fingerprint density at radius 1 is 1.22 bits per heavy atom. The van der Waals surface area contributed by atoms with Crippen LogP contribution in [-0.4, -0.2) is 25.2 Å². The predicted molar refractivity (Wildman–Crippen MR) is 84.8 cm³/mol. The van der Waals surface area contributed by atoms with Crippen LogP contribution in [0.25, 0.3) is 6.08 Å². The molecule has 3 rings (SSSR count). The van der Waals surface area contributed by atoms with E-state index in [0.717, 1.165) is 0 Å². The number of carbonyl (C=O) groups excluding carboxylic acids is 1. The fourth-order valence-corrected chi connectivity index (χ4v) is 2.22. The second-order valence-electron chi connectivity index (χ2n) is 5.13. The molecule has 2 aromatic rings. The molecule has 1 aliphatic rings. The van der Waals surface area contributed by atoms with Crippen molar-refractivity contribution >= 4 is 12.0 Å². The summed E-state index contributed by atoms with van der Waals surface area (Å²) in [5.41, 5.74) is 0.631. The minimum atomic E-state index is -0.334. The quantitative estimate of drug-likeness (QED) is 0.883. The van der Waals surface area contributed by atoms with E-state index in [1.54, 1.807) is 18.2 Å². The zero-order valence-corrected chi connectivity index (χ0v) is 12.4. The average molecular weight is 313 g/mol. The number of nitrogens with one attached hydrogen (secondary N) is 1. The molecule has 0 radical (unpaired) electrons. The van der Waals surface area contributed by atoms with Gasteiger partial charge in [0.2, 0.25) is 5.91 Å². The average Bonchev–Trinajstić information content (AvgIpc) is 2.58. The maximum Gasteiger partial charge on any atom is 0.244 e. The topological polar surface area (TPSA) is 47.6 Å². The molecule has 1 atom stereocenters. The number of fused-ring (bicyclic) bond motifs is 1. The molecule has 2 aromatic carbocycles. The number of rotatable bonds is 4. The lowest BCUT2D eigenvalue weighted by Gasteiger charge is -2.26. The van der Waals surface area contributed by atoms with Gasteiger partial charge in [0.1, 0.15) is 18.5 Å². The standard InChI is InChI=1S/C18H16FNO3/c19-14-5-3-4-13(10-14)8-9-18(21)20-11-15-12-22-16-6-1-2-7-17(16)23-15/h1-10,15H,11-12H2,(H,20,21)/b9-8+/t15-/m0/s1. The van der Waals surface area contributed by atoms with E-state index in [9.17, 15) is 9.18 Å². The second-order valence-corrected chi connectivity index (χ2v) is 5.13. The third kappa shape index (κ3) is 4.10. The van der Waals surface area contributed by atoms with Gasteiger partial charge in [-0.2, -0.15) is 0 Å². The molecule has 0 saturated heterocycles. The van der Waals surface area contributed by atoms with Crippen molar-refractivity contribution in [3.05, 3.63) is 66.0 Å². The molecule has 0 aromatic heterocycles. The molecule has 1 aliphatic heterocycles. The maximum atomic E-state index is 13.0. The number of carbonyl (C=O) groups is 1. The fourth-order valence-electron chi connectivity index (χ4n) is 2.22. The summed E-state index contributed by atoms with van der Waals surface area (Å²) in [4.78, 5) is 11.8. The van der Waals surface area contributed by atoms with Gasteiger partial charge < -0.3 is 14.8 Å². The lowest BCUT2D eigenvalue weighted by molar-refractivity contribution is -0.116. The molecule has 0 aliphatic carbocycles. The van der Waals surface area contributed by atoms with Crippen LogP contribution in [0.5, 0.6) is 11.5 Å². The van der Waals surface area contributed by atoms with Gasteiger partial charge in [-0.05, 0) is 35.9 Å². The van der Waals surface area contributed by atoms with Crippen LogP contribution in [0.15, 0.2) is 54.6 Å². The summed E-state index contributed by atoms with van der Waals surface area (Å²) < 4.78 is 24.4. The zero-order chi connectivity index (χ0) is 16.1. The summed E-state index contributed by atoms with van der Waals surface area (Å²) in [6.07, 6.45) is 2.69. The number of amides is 1. The number of hydrogen-bond donors (Lipinski definition) is 1. The first-order valence-corrected chi connectivity index (χ1v) is 7.31. The Kier molecular flexibility index (Phi) is 4.57. The Labute approximate surface area is 133 Å². The van der Waals surface area contributed by atoms with Crippen molar-refractivity contribution < 1.29 is 18.7 Å². The summed E-state index contributed by atoms with van der Waals surface area (Å²) >= 11 is 0. The molecule has 0 unspecified atom stereocenters. The molecular formula is C18H16FNO3. The molecule has 0 bridgehead atoms. The van der Waals surface area contributed by atoms with Crippen molar-refractivity contribution in [2.75, 3.05) is 13.2 Å². The minimum absolute atomic E-state index is 0.239. The molecule has 5 heteroatoms. The van der Waals surface area contributed by atoms with E-state index in [1.165, 1.54) is 18.2 Å². The predicted octanol–water partition coefficient (Wildman–Crippen LogP) is 2.80. The largest absolute Gasteiger partial charge is 0.486 e. The van der Waals surface area contributed by atoms with Gasteiger partial charge >= 0.3 is 0 Å². The Morgan fingerprint density at radius 2 is 2.04 bits per heavy atom. The van der Waals surface area contributed by atoms with Crippen LogP contribution in [0.2, 0.25) is 0 Å². The second kappa shape index (κ2) is 6.96. The molecule has 118 valence electrons. The van der Waals surface area contributed by atoms with E-state index in [4.69, 9.17) is 9.47 Å². The first kappa shape index (κ1) is 15.1. The molecule has 1 N–H and O–H groups in total. The van der Waals surface area contributed by atoms with Gasteiger partial charge in [0, 0.05) is 6.08 Å². The SMILES string of the molecule is O=C(/C=C/c1cccc(F)c1)NC[C@H]1COc2ccccc2O1. The summed E-state index contributed by atoms with van der Waals surface area (Å²) in [6.45, 7) is 0.714. The van der Waals surface area contributed by atoms with E-state index in [0.29, 0.717) is 30.2 Å². The normalized spacial score (nSPS) is 16.3. The zero-order valence-electron chi connectivity index (χ0n) is 12.4. The summed E-state index contributed by atoms with van der Waals surface area (Å²) in [5.74, 6) is 0.782.